The van der Waals surface area contributed by atoms with Crippen molar-refractivity contribution >= 4 is 21.8 Å². The fraction of sp³-hybridized carbons (Fsp3) is 0.440. The number of aromatic nitrogens is 1. The lowest BCUT2D eigenvalue weighted by molar-refractivity contribution is 0.0474. The Bertz CT molecular complexity index is 1170. The average Bonchev–Trinajstić information content (AvgIpc) is 3.01. The molecule has 2 heterocycles. The maximum Gasteiger partial charge on any atom is 0.338 e. The molecule has 8 nitrogen and oxygen atoms in total. The second-order valence-electron chi connectivity index (χ2n) is 8.37. The molecule has 0 atom stereocenters. The van der Waals surface area contributed by atoms with Crippen LogP contribution < -0.4 is 4.74 Å². The van der Waals surface area contributed by atoms with E-state index in [1.54, 1.807) is 12.1 Å². The Morgan fingerprint density at radius 3 is 2.38 bits per heavy atom. The zero-order valence-corrected chi connectivity index (χ0v) is 20.8. The van der Waals surface area contributed by atoms with E-state index < -0.39 is 22.6 Å². The first kappa shape index (κ1) is 25.7. The Balaban J connectivity index is 1.79. The normalized spacial score (nSPS) is 14.9. The van der Waals surface area contributed by atoms with Crippen molar-refractivity contribution in [3.05, 3.63) is 59.4 Å². The van der Waals surface area contributed by atoms with Crippen LogP contribution in [0.5, 0.6) is 5.75 Å². The number of nitrogens with zero attached hydrogens (tertiary/aromatic N) is 2. The van der Waals surface area contributed by atoms with Crippen molar-refractivity contribution in [1.82, 2.24) is 8.87 Å². The van der Waals surface area contributed by atoms with Gasteiger partial charge in [0.15, 0.2) is 6.61 Å². The van der Waals surface area contributed by atoms with Gasteiger partial charge in [0.25, 0.3) is 0 Å². The molecule has 0 bridgehead atoms. The van der Waals surface area contributed by atoms with E-state index in [0.29, 0.717) is 25.2 Å². The second kappa shape index (κ2) is 11.0. The van der Waals surface area contributed by atoms with Crippen LogP contribution in [0.4, 0.5) is 0 Å². The number of methoxy groups -OCH3 is 1. The van der Waals surface area contributed by atoms with Gasteiger partial charge < -0.3 is 14.0 Å². The van der Waals surface area contributed by atoms with Gasteiger partial charge in [0.2, 0.25) is 15.8 Å². The zero-order chi connectivity index (χ0) is 24.9. The molecule has 34 heavy (non-hydrogen) atoms. The summed E-state index contributed by atoms with van der Waals surface area (Å²) in [6, 6.07) is 5.89. The van der Waals surface area contributed by atoms with Crippen LogP contribution in [0.15, 0.2) is 41.8 Å². The molecular formula is C25H32N2O6S. The Morgan fingerprint density at radius 2 is 1.76 bits per heavy atom. The topological polar surface area (TPSA) is 94.9 Å². The highest BCUT2D eigenvalue weighted by Crippen LogP contribution is 2.29. The molecule has 0 unspecified atom stereocenters. The molecule has 2 aromatic rings. The molecule has 9 heteroatoms. The highest BCUT2D eigenvalue weighted by Gasteiger charge is 2.29. The SMILES string of the molecule is C=CCn1c(C)cc(C(=O)COC(=O)c2ccc(OC)c(S(=O)(=O)N3CCCCCC3)c2)c1C. The summed E-state index contributed by atoms with van der Waals surface area (Å²) in [5.74, 6) is -0.947. The van der Waals surface area contributed by atoms with Crippen LogP contribution in [0.25, 0.3) is 0 Å². The van der Waals surface area contributed by atoms with Crippen molar-refractivity contribution in [1.29, 1.82) is 0 Å². The van der Waals surface area contributed by atoms with Crippen LogP contribution >= 0.6 is 0 Å². The lowest BCUT2D eigenvalue weighted by Gasteiger charge is -2.21. The van der Waals surface area contributed by atoms with E-state index >= 15 is 0 Å². The van der Waals surface area contributed by atoms with Gasteiger partial charge in [0.1, 0.15) is 10.6 Å². The fourth-order valence-electron chi connectivity index (χ4n) is 4.21. The maximum atomic E-state index is 13.3. The van der Waals surface area contributed by atoms with Gasteiger partial charge in [-0.1, -0.05) is 18.9 Å². The first-order valence-electron chi connectivity index (χ1n) is 11.4. The molecule has 184 valence electrons. The molecule has 1 fully saturated rings. The lowest BCUT2D eigenvalue weighted by Crippen LogP contribution is -2.32. The number of ketones is 1. The highest BCUT2D eigenvalue weighted by molar-refractivity contribution is 7.89. The summed E-state index contributed by atoms with van der Waals surface area (Å²) < 4.78 is 40.5. The van der Waals surface area contributed by atoms with E-state index in [9.17, 15) is 18.0 Å². The fourth-order valence-corrected chi connectivity index (χ4v) is 5.91. The monoisotopic (exact) mass is 488 g/mol. The Kier molecular flexibility index (Phi) is 8.33. The van der Waals surface area contributed by atoms with E-state index in [2.05, 4.69) is 6.58 Å². The Labute approximate surface area is 201 Å². The molecular weight excluding hydrogens is 456 g/mol. The van der Waals surface area contributed by atoms with Crippen LogP contribution in [0, 0.1) is 13.8 Å². The summed E-state index contributed by atoms with van der Waals surface area (Å²) in [5.41, 5.74) is 2.20. The second-order valence-corrected chi connectivity index (χ2v) is 10.3. The lowest BCUT2D eigenvalue weighted by atomic mass is 10.1. The van der Waals surface area contributed by atoms with Gasteiger partial charge >= 0.3 is 5.97 Å². The van der Waals surface area contributed by atoms with Crippen molar-refractivity contribution in [2.45, 2.75) is 51.0 Å². The van der Waals surface area contributed by atoms with E-state index in [4.69, 9.17) is 9.47 Å². The van der Waals surface area contributed by atoms with Crippen LogP contribution in [0.3, 0.4) is 0 Å². The Morgan fingerprint density at radius 1 is 1.09 bits per heavy atom. The predicted octanol–water partition coefficient (Wildman–Crippen LogP) is 3.90. The number of aryl methyl sites for hydroxylation is 1. The average molecular weight is 489 g/mol. The number of benzene rings is 1. The summed E-state index contributed by atoms with van der Waals surface area (Å²) in [6.45, 7) is 8.43. The standard InChI is InChI=1S/C25H32N2O6S/c1-5-12-27-18(2)15-21(19(27)3)22(28)17-33-25(29)20-10-11-23(32-4)24(16-20)34(30,31)26-13-8-6-7-9-14-26/h5,10-11,15-16H,1,6-9,12-14,17H2,2-4H3. The van der Waals surface area contributed by atoms with Crippen molar-refractivity contribution in [3.8, 4) is 5.75 Å². The third-order valence-corrected chi connectivity index (χ3v) is 8.02. The van der Waals surface area contributed by atoms with Crippen LogP contribution in [0.2, 0.25) is 0 Å². The molecule has 3 rings (SSSR count). The largest absolute Gasteiger partial charge is 0.495 e. The van der Waals surface area contributed by atoms with Gasteiger partial charge in [-0.2, -0.15) is 4.31 Å². The maximum absolute atomic E-state index is 13.3. The number of sulfonamides is 1. The smallest absolute Gasteiger partial charge is 0.338 e. The zero-order valence-electron chi connectivity index (χ0n) is 20.0. The minimum atomic E-state index is -3.85. The molecule has 1 aliphatic rings. The molecule has 0 N–H and O–H groups in total. The first-order valence-corrected chi connectivity index (χ1v) is 12.8. The van der Waals surface area contributed by atoms with Crippen LogP contribution in [-0.4, -0.2) is 55.8 Å². The number of carbonyl (C=O) groups is 2. The molecule has 0 amide bonds. The molecule has 0 radical (unpaired) electrons. The van der Waals surface area contributed by atoms with Gasteiger partial charge in [-0.3, -0.25) is 4.79 Å². The van der Waals surface area contributed by atoms with Crippen molar-refractivity contribution in [2.24, 2.45) is 0 Å². The summed E-state index contributed by atoms with van der Waals surface area (Å²) in [6.07, 6.45) is 5.30. The van der Waals surface area contributed by atoms with Gasteiger partial charge in [0.05, 0.1) is 12.7 Å². The third-order valence-electron chi connectivity index (χ3n) is 6.10. The van der Waals surface area contributed by atoms with Gasteiger partial charge in [-0.05, 0) is 51.0 Å². The van der Waals surface area contributed by atoms with Crippen LogP contribution in [0.1, 0.15) is 57.8 Å². The molecule has 0 aliphatic carbocycles. The molecule has 1 saturated heterocycles. The highest BCUT2D eigenvalue weighted by atomic mass is 32.2. The number of carbonyl (C=O) groups excluding carboxylic acids is 2. The number of allylic oxidation sites excluding steroid dienone is 1. The number of hydrogen-bond acceptors (Lipinski definition) is 6. The molecule has 1 aliphatic heterocycles. The number of rotatable bonds is 9. The summed E-state index contributed by atoms with van der Waals surface area (Å²) in [5, 5.41) is 0. The first-order chi connectivity index (χ1) is 16.2. The number of hydrogen-bond donors (Lipinski definition) is 0. The van der Waals surface area contributed by atoms with Gasteiger partial charge in [-0.15, -0.1) is 6.58 Å². The number of ether oxygens (including phenoxy) is 2. The molecule has 0 spiro atoms. The van der Waals surface area contributed by atoms with E-state index in [1.165, 1.54) is 29.6 Å². The molecule has 1 aromatic carbocycles. The van der Waals surface area contributed by atoms with E-state index in [-0.39, 0.29) is 22.0 Å². The third kappa shape index (κ3) is 5.42. The Hall–Kier alpha value is -2.91. The molecule has 0 saturated carbocycles. The number of esters is 1. The van der Waals surface area contributed by atoms with Crippen molar-refractivity contribution in [3.63, 3.8) is 0 Å². The predicted molar refractivity (Wildman–Crippen MR) is 129 cm³/mol. The quantitative estimate of drug-likeness (QED) is 0.302. The molecule has 1 aromatic heterocycles. The summed E-state index contributed by atoms with van der Waals surface area (Å²) in [4.78, 5) is 25.3. The van der Waals surface area contributed by atoms with Gasteiger partial charge in [0, 0.05) is 36.6 Å². The van der Waals surface area contributed by atoms with Crippen molar-refractivity contribution in [2.75, 3.05) is 26.8 Å². The summed E-state index contributed by atoms with van der Waals surface area (Å²) >= 11 is 0. The van der Waals surface area contributed by atoms with E-state index in [1.807, 2.05) is 18.4 Å². The van der Waals surface area contributed by atoms with E-state index in [0.717, 1.165) is 37.1 Å². The number of Topliss-reactive ketones (excluding diaryl/α,β-unsaturated/α-hetero) is 1. The van der Waals surface area contributed by atoms with Crippen molar-refractivity contribution < 1.29 is 27.5 Å². The van der Waals surface area contributed by atoms with Gasteiger partial charge in [-0.25, -0.2) is 13.2 Å². The van der Waals surface area contributed by atoms with Crippen LogP contribution in [-0.2, 0) is 21.3 Å². The summed E-state index contributed by atoms with van der Waals surface area (Å²) in [7, 11) is -2.46. The minimum absolute atomic E-state index is 0.0409. The minimum Gasteiger partial charge on any atom is -0.495 e.